The average molecular weight is 260 g/mol. The van der Waals surface area contributed by atoms with Gasteiger partial charge in [0.2, 0.25) is 0 Å². The normalized spacial score (nSPS) is 10.0. The quantitative estimate of drug-likeness (QED) is 0.455. The molecule has 0 bridgehead atoms. The fourth-order valence-corrected chi connectivity index (χ4v) is 1.82. The van der Waals surface area contributed by atoms with E-state index < -0.39 is 0 Å². The van der Waals surface area contributed by atoms with Gasteiger partial charge in [-0.2, -0.15) is 0 Å². The molecule has 4 rings (SSSR count). The maximum atomic E-state index is 4.52. The third-order valence-corrected chi connectivity index (χ3v) is 2.72. The van der Waals surface area contributed by atoms with Crippen LogP contribution < -0.4 is 0 Å². The number of rotatable bonds is 0. The molecule has 20 heavy (non-hydrogen) atoms. The molecule has 0 saturated heterocycles. The minimum atomic E-state index is 0.950. The zero-order chi connectivity index (χ0) is 13.6. The van der Waals surface area contributed by atoms with E-state index in [1.165, 1.54) is 0 Å². The molecule has 0 atom stereocenters. The van der Waals surface area contributed by atoms with Crippen molar-refractivity contribution in [3.8, 4) is 0 Å². The Balaban J connectivity index is 0.000000170. The van der Waals surface area contributed by atoms with E-state index >= 15 is 0 Å². The summed E-state index contributed by atoms with van der Waals surface area (Å²) in [6.07, 6.45) is 6.56. The highest BCUT2D eigenvalue weighted by molar-refractivity contribution is 5.85. The summed E-state index contributed by atoms with van der Waals surface area (Å²) < 4.78 is 0. The van der Waals surface area contributed by atoms with E-state index in [-0.39, 0.29) is 0 Å². The van der Waals surface area contributed by atoms with Gasteiger partial charge in [0, 0.05) is 24.8 Å². The van der Waals surface area contributed by atoms with E-state index in [1.54, 1.807) is 24.8 Å². The molecule has 0 fully saturated rings. The van der Waals surface area contributed by atoms with Crippen molar-refractivity contribution in [2.45, 2.75) is 0 Å². The SMILES string of the molecule is c1ccc2nc3ccccc3nc2c1.c1cnccn1. The van der Waals surface area contributed by atoms with Gasteiger partial charge in [-0.1, -0.05) is 24.3 Å². The summed E-state index contributed by atoms with van der Waals surface area (Å²) >= 11 is 0. The predicted octanol–water partition coefficient (Wildman–Crippen LogP) is 3.26. The van der Waals surface area contributed by atoms with E-state index in [4.69, 9.17) is 0 Å². The molecule has 4 heteroatoms. The smallest absolute Gasteiger partial charge is 0.0894 e. The van der Waals surface area contributed by atoms with Crippen LogP contribution in [0.25, 0.3) is 22.1 Å². The Morgan fingerprint density at radius 3 is 1.00 bits per heavy atom. The monoisotopic (exact) mass is 260 g/mol. The zero-order valence-corrected chi connectivity index (χ0v) is 10.7. The molecule has 0 N–H and O–H groups in total. The molecule has 4 aromatic rings. The Hall–Kier alpha value is -2.88. The first kappa shape index (κ1) is 12.2. The van der Waals surface area contributed by atoms with Gasteiger partial charge in [-0.15, -0.1) is 0 Å². The first-order valence-corrected chi connectivity index (χ1v) is 6.25. The fourth-order valence-electron chi connectivity index (χ4n) is 1.82. The molecule has 4 nitrogen and oxygen atoms in total. The maximum Gasteiger partial charge on any atom is 0.0894 e. The number of fused-ring (bicyclic) bond motifs is 2. The number of nitrogens with zero attached hydrogens (tertiary/aromatic N) is 4. The van der Waals surface area contributed by atoms with Crippen molar-refractivity contribution in [3.63, 3.8) is 0 Å². The van der Waals surface area contributed by atoms with Gasteiger partial charge in [0.1, 0.15) is 0 Å². The van der Waals surface area contributed by atoms with Crippen molar-refractivity contribution in [3.05, 3.63) is 73.3 Å². The molecule has 2 aromatic heterocycles. The molecule has 0 aliphatic heterocycles. The number of hydrogen-bond acceptors (Lipinski definition) is 4. The van der Waals surface area contributed by atoms with E-state index in [0.717, 1.165) is 22.1 Å². The van der Waals surface area contributed by atoms with Crippen LogP contribution in [0, 0.1) is 0 Å². The van der Waals surface area contributed by atoms with Crippen molar-refractivity contribution in [1.82, 2.24) is 19.9 Å². The summed E-state index contributed by atoms with van der Waals surface area (Å²) in [5, 5.41) is 0. The lowest BCUT2D eigenvalue weighted by Gasteiger charge is -1.98. The minimum Gasteiger partial charge on any atom is -0.262 e. The number of benzene rings is 2. The van der Waals surface area contributed by atoms with Crippen molar-refractivity contribution in [2.75, 3.05) is 0 Å². The van der Waals surface area contributed by atoms with Crippen molar-refractivity contribution >= 4 is 22.1 Å². The Labute approximate surface area is 116 Å². The molecule has 0 aliphatic rings. The molecule has 0 saturated carbocycles. The number of aromatic nitrogens is 4. The van der Waals surface area contributed by atoms with Gasteiger partial charge in [0.15, 0.2) is 0 Å². The Bertz CT molecular complexity index is 684. The Morgan fingerprint density at radius 1 is 0.450 bits per heavy atom. The summed E-state index contributed by atoms with van der Waals surface area (Å²) in [5.41, 5.74) is 3.80. The summed E-state index contributed by atoms with van der Waals surface area (Å²) in [5.74, 6) is 0. The standard InChI is InChI=1S/C12H8N2.C4H4N2/c1-2-6-10-9(5-1)13-11-7-3-4-8-12(11)14-10;1-2-6-4-3-5-1/h1-8H;1-4H. The van der Waals surface area contributed by atoms with Crippen LogP contribution in [0.15, 0.2) is 73.3 Å². The molecule has 96 valence electrons. The van der Waals surface area contributed by atoms with Gasteiger partial charge >= 0.3 is 0 Å². The second-order valence-corrected chi connectivity index (χ2v) is 4.10. The van der Waals surface area contributed by atoms with Crippen LogP contribution >= 0.6 is 0 Å². The lowest BCUT2D eigenvalue weighted by molar-refractivity contribution is 1.20. The third kappa shape index (κ3) is 2.75. The lowest BCUT2D eigenvalue weighted by Crippen LogP contribution is -1.85. The molecular formula is C16H12N4. The molecule has 0 aliphatic carbocycles. The topological polar surface area (TPSA) is 51.6 Å². The zero-order valence-electron chi connectivity index (χ0n) is 10.7. The first-order chi connectivity index (χ1) is 9.93. The van der Waals surface area contributed by atoms with Crippen LogP contribution in [-0.4, -0.2) is 19.9 Å². The maximum absolute atomic E-state index is 4.52. The van der Waals surface area contributed by atoms with Crippen LogP contribution in [0.4, 0.5) is 0 Å². The summed E-state index contributed by atoms with van der Waals surface area (Å²) in [4.78, 5) is 16.5. The predicted molar refractivity (Wildman–Crippen MR) is 79.1 cm³/mol. The molecule has 2 aromatic carbocycles. The Kier molecular flexibility index (Phi) is 3.55. The largest absolute Gasteiger partial charge is 0.262 e. The van der Waals surface area contributed by atoms with Crippen LogP contribution in [0.3, 0.4) is 0 Å². The summed E-state index contributed by atoms with van der Waals surface area (Å²) in [7, 11) is 0. The van der Waals surface area contributed by atoms with Crippen LogP contribution in [0.2, 0.25) is 0 Å². The third-order valence-electron chi connectivity index (χ3n) is 2.72. The van der Waals surface area contributed by atoms with Gasteiger partial charge in [-0.3, -0.25) is 9.97 Å². The molecule has 0 amide bonds. The van der Waals surface area contributed by atoms with Crippen LogP contribution in [-0.2, 0) is 0 Å². The molecule has 0 unspecified atom stereocenters. The van der Waals surface area contributed by atoms with Gasteiger partial charge in [-0.05, 0) is 24.3 Å². The highest BCUT2D eigenvalue weighted by Gasteiger charge is 1.98. The van der Waals surface area contributed by atoms with Crippen molar-refractivity contribution in [1.29, 1.82) is 0 Å². The highest BCUT2D eigenvalue weighted by atomic mass is 14.8. The van der Waals surface area contributed by atoms with Gasteiger partial charge in [0.25, 0.3) is 0 Å². The lowest BCUT2D eigenvalue weighted by atomic mass is 10.2. The van der Waals surface area contributed by atoms with Crippen molar-refractivity contribution < 1.29 is 0 Å². The Morgan fingerprint density at radius 2 is 0.750 bits per heavy atom. The van der Waals surface area contributed by atoms with Crippen LogP contribution in [0.5, 0.6) is 0 Å². The van der Waals surface area contributed by atoms with Gasteiger partial charge in [-0.25, -0.2) is 9.97 Å². The summed E-state index contributed by atoms with van der Waals surface area (Å²) in [6, 6.07) is 15.8. The van der Waals surface area contributed by atoms with E-state index in [9.17, 15) is 0 Å². The molecule has 0 spiro atoms. The van der Waals surface area contributed by atoms with E-state index in [2.05, 4.69) is 19.9 Å². The average Bonchev–Trinajstić information content (AvgIpc) is 2.55. The number of hydrogen-bond donors (Lipinski definition) is 0. The molecule has 2 heterocycles. The van der Waals surface area contributed by atoms with E-state index in [1.807, 2.05) is 48.5 Å². The van der Waals surface area contributed by atoms with Crippen LogP contribution in [0.1, 0.15) is 0 Å². The van der Waals surface area contributed by atoms with Crippen molar-refractivity contribution in [2.24, 2.45) is 0 Å². The van der Waals surface area contributed by atoms with Gasteiger partial charge in [0.05, 0.1) is 22.1 Å². The number of para-hydroxylation sites is 4. The second-order valence-electron chi connectivity index (χ2n) is 4.10. The first-order valence-electron chi connectivity index (χ1n) is 6.25. The summed E-state index contributed by atoms with van der Waals surface area (Å²) in [6.45, 7) is 0. The van der Waals surface area contributed by atoms with E-state index in [0.29, 0.717) is 0 Å². The minimum absolute atomic E-state index is 0.950. The molecular weight excluding hydrogens is 248 g/mol. The second kappa shape index (κ2) is 5.84. The highest BCUT2D eigenvalue weighted by Crippen LogP contribution is 2.14. The fraction of sp³-hybridized carbons (Fsp3) is 0. The molecule has 0 radical (unpaired) electrons. The van der Waals surface area contributed by atoms with Gasteiger partial charge < -0.3 is 0 Å².